The molecular weight excluding hydrogens is 222 g/mol. The summed E-state index contributed by atoms with van der Waals surface area (Å²) in [6, 6.07) is 0. The molecule has 0 saturated carbocycles. The molecule has 0 aliphatic carbocycles. The number of rotatable bonds is 4. The highest BCUT2D eigenvalue weighted by molar-refractivity contribution is 7.98. The van der Waals surface area contributed by atoms with Crippen molar-refractivity contribution in [1.29, 1.82) is 0 Å². The number of hydrogen-bond acceptors (Lipinski definition) is 5. The number of nitrogens with two attached hydrogens (primary N) is 1. The molecule has 0 amide bonds. The predicted octanol–water partition coefficient (Wildman–Crippen LogP) is 1.57. The third kappa shape index (κ3) is 2.33. The van der Waals surface area contributed by atoms with E-state index in [4.69, 9.17) is 5.73 Å². The molecule has 5 nitrogen and oxygen atoms in total. The summed E-state index contributed by atoms with van der Waals surface area (Å²) in [5.74, 6) is 2.25. The van der Waals surface area contributed by atoms with Crippen LogP contribution in [0.2, 0.25) is 0 Å². The van der Waals surface area contributed by atoms with E-state index in [9.17, 15) is 0 Å². The van der Waals surface area contributed by atoms with Crippen LogP contribution in [0.25, 0.3) is 0 Å². The summed E-state index contributed by atoms with van der Waals surface area (Å²) in [4.78, 5) is 12.4. The Hall–Kier alpha value is -1.56. The molecule has 0 saturated heterocycles. The van der Waals surface area contributed by atoms with Gasteiger partial charge in [0.1, 0.15) is 10.9 Å². The predicted molar refractivity (Wildman–Crippen MR) is 63.9 cm³/mol. The third-order valence-electron chi connectivity index (χ3n) is 2.17. The Balaban J connectivity index is 2.05. The number of nitrogens with zero attached hydrogens (tertiary/aromatic N) is 4. The largest absolute Gasteiger partial charge is 0.381 e. The lowest BCUT2D eigenvalue weighted by Gasteiger charge is -2.04. The fraction of sp³-hybridized carbons (Fsp3) is 0.300. The number of anilines is 1. The van der Waals surface area contributed by atoms with Gasteiger partial charge in [-0.15, -0.1) is 0 Å². The van der Waals surface area contributed by atoms with Crippen LogP contribution >= 0.6 is 11.8 Å². The SMILES string of the molecule is CCn1ccnc1CSc1nccnc1N. The summed E-state index contributed by atoms with van der Waals surface area (Å²) < 4.78 is 2.10. The van der Waals surface area contributed by atoms with Crippen LogP contribution in [0.4, 0.5) is 5.82 Å². The summed E-state index contributed by atoms with van der Waals surface area (Å²) in [7, 11) is 0. The summed E-state index contributed by atoms with van der Waals surface area (Å²) in [6.07, 6.45) is 7.01. The molecule has 2 heterocycles. The third-order valence-corrected chi connectivity index (χ3v) is 3.16. The van der Waals surface area contributed by atoms with Crippen molar-refractivity contribution in [3.05, 3.63) is 30.6 Å². The van der Waals surface area contributed by atoms with Gasteiger partial charge in [-0.1, -0.05) is 11.8 Å². The number of aromatic nitrogens is 4. The van der Waals surface area contributed by atoms with Crippen molar-refractivity contribution >= 4 is 17.6 Å². The second kappa shape index (κ2) is 4.98. The summed E-state index contributed by atoms with van der Waals surface area (Å²) in [5, 5.41) is 0.758. The maximum atomic E-state index is 5.71. The van der Waals surface area contributed by atoms with Crippen molar-refractivity contribution in [1.82, 2.24) is 19.5 Å². The molecule has 6 heteroatoms. The van der Waals surface area contributed by atoms with Crippen LogP contribution < -0.4 is 5.73 Å². The lowest BCUT2D eigenvalue weighted by Crippen LogP contribution is -2.00. The van der Waals surface area contributed by atoms with Gasteiger partial charge in [0, 0.05) is 31.3 Å². The van der Waals surface area contributed by atoms with Crippen molar-refractivity contribution in [3.8, 4) is 0 Å². The molecule has 0 aliphatic heterocycles. The number of aryl methyl sites for hydroxylation is 1. The molecule has 0 unspecified atom stereocenters. The second-order valence-corrected chi connectivity index (χ2v) is 4.13. The molecule has 0 aromatic carbocycles. The first kappa shape index (κ1) is 10.9. The van der Waals surface area contributed by atoms with Gasteiger partial charge in [0.25, 0.3) is 0 Å². The zero-order chi connectivity index (χ0) is 11.4. The minimum absolute atomic E-state index is 0.474. The van der Waals surface area contributed by atoms with Crippen LogP contribution in [-0.4, -0.2) is 19.5 Å². The quantitative estimate of drug-likeness (QED) is 0.814. The Bertz CT molecular complexity index is 468. The number of thioether (sulfide) groups is 1. The molecule has 2 rings (SSSR count). The zero-order valence-electron chi connectivity index (χ0n) is 9.00. The molecule has 0 radical (unpaired) electrons. The molecule has 0 spiro atoms. The highest BCUT2D eigenvalue weighted by atomic mass is 32.2. The Labute approximate surface area is 98.1 Å². The first-order valence-electron chi connectivity index (χ1n) is 5.00. The average Bonchev–Trinajstić information content (AvgIpc) is 2.75. The lowest BCUT2D eigenvalue weighted by molar-refractivity contribution is 0.725. The molecule has 0 fully saturated rings. The highest BCUT2D eigenvalue weighted by Gasteiger charge is 2.05. The van der Waals surface area contributed by atoms with Crippen LogP contribution in [-0.2, 0) is 12.3 Å². The van der Waals surface area contributed by atoms with Gasteiger partial charge in [-0.3, -0.25) is 0 Å². The maximum absolute atomic E-state index is 5.71. The molecule has 0 atom stereocenters. The molecule has 16 heavy (non-hydrogen) atoms. The summed E-state index contributed by atoms with van der Waals surface area (Å²) >= 11 is 1.55. The van der Waals surface area contributed by atoms with Gasteiger partial charge in [0.2, 0.25) is 0 Å². The smallest absolute Gasteiger partial charge is 0.156 e. The maximum Gasteiger partial charge on any atom is 0.156 e. The second-order valence-electron chi connectivity index (χ2n) is 3.16. The van der Waals surface area contributed by atoms with E-state index >= 15 is 0 Å². The molecule has 0 aliphatic rings. The van der Waals surface area contributed by atoms with Crippen molar-refractivity contribution in [3.63, 3.8) is 0 Å². The number of hydrogen-bond donors (Lipinski definition) is 1. The molecule has 2 aromatic heterocycles. The Morgan fingerprint density at radius 3 is 2.81 bits per heavy atom. The van der Waals surface area contributed by atoms with Crippen molar-refractivity contribution in [2.24, 2.45) is 0 Å². The van der Waals surface area contributed by atoms with E-state index in [-0.39, 0.29) is 0 Å². The van der Waals surface area contributed by atoms with Gasteiger partial charge >= 0.3 is 0 Å². The van der Waals surface area contributed by atoms with Gasteiger partial charge in [0.15, 0.2) is 5.82 Å². The standard InChI is InChI=1S/C10H13N5S/c1-2-15-6-5-12-8(15)7-16-10-9(11)13-3-4-14-10/h3-6H,2,7H2,1H3,(H2,11,13). The van der Waals surface area contributed by atoms with E-state index in [0.29, 0.717) is 5.82 Å². The number of imidazole rings is 1. The first-order valence-corrected chi connectivity index (χ1v) is 5.99. The fourth-order valence-corrected chi connectivity index (χ4v) is 2.19. The van der Waals surface area contributed by atoms with Crippen molar-refractivity contribution in [2.75, 3.05) is 5.73 Å². The Kier molecular flexibility index (Phi) is 3.40. The topological polar surface area (TPSA) is 69.6 Å². The van der Waals surface area contributed by atoms with Crippen LogP contribution in [0.1, 0.15) is 12.7 Å². The van der Waals surface area contributed by atoms with Crippen LogP contribution in [0, 0.1) is 0 Å². The summed E-state index contributed by atoms with van der Waals surface area (Å²) in [5.41, 5.74) is 5.71. The lowest BCUT2D eigenvalue weighted by atomic mass is 10.6. The van der Waals surface area contributed by atoms with E-state index in [1.54, 1.807) is 30.4 Å². The monoisotopic (exact) mass is 235 g/mol. The van der Waals surface area contributed by atoms with Gasteiger partial charge in [-0.05, 0) is 6.92 Å². The molecule has 84 valence electrons. The van der Waals surface area contributed by atoms with Crippen LogP contribution in [0.3, 0.4) is 0 Å². The van der Waals surface area contributed by atoms with Crippen LogP contribution in [0.15, 0.2) is 29.8 Å². The fourth-order valence-electron chi connectivity index (χ4n) is 1.35. The Morgan fingerprint density at radius 1 is 1.25 bits per heavy atom. The molecule has 2 N–H and O–H groups in total. The van der Waals surface area contributed by atoms with Crippen LogP contribution in [0.5, 0.6) is 0 Å². The van der Waals surface area contributed by atoms with Crippen molar-refractivity contribution < 1.29 is 0 Å². The Morgan fingerprint density at radius 2 is 2.06 bits per heavy atom. The highest BCUT2D eigenvalue weighted by Crippen LogP contribution is 2.23. The minimum atomic E-state index is 0.474. The molecular formula is C10H13N5S. The summed E-state index contributed by atoms with van der Waals surface area (Å²) in [6.45, 7) is 3.01. The average molecular weight is 235 g/mol. The number of nitrogen functional groups attached to an aromatic ring is 1. The van der Waals surface area contributed by atoms with E-state index in [1.165, 1.54) is 0 Å². The zero-order valence-corrected chi connectivity index (χ0v) is 9.81. The van der Waals surface area contributed by atoms with Crippen molar-refractivity contribution in [2.45, 2.75) is 24.2 Å². The van der Waals surface area contributed by atoms with E-state index in [1.807, 2.05) is 6.20 Å². The molecule has 0 bridgehead atoms. The van der Waals surface area contributed by atoms with Gasteiger partial charge in [-0.25, -0.2) is 15.0 Å². The molecule has 2 aromatic rings. The van der Waals surface area contributed by atoms with E-state index in [2.05, 4.69) is 26.4 Å². The van der Waals surface area contributed by atoms with Gasteiger partial charge < -0.3 is 10.3 Å². The minimum Gasteiger partial charge on any atom is -0.381 e. The van der Waals surface area contributed by atoms with E-state index < -0.39 is 0 Å². The normalized spacial score (nSPS) is 10.6. The van der Waals surface area contributed by atoms with Gasteiger partial charge in [0.05, 0.1) is 5.75 Å². The van der Waals surface area contributed by atoms with Gasteiger partial charge in [-0.2, -0.15) is 0 Å². The first-order chi connectivity index (χ1) is 7.81. The van der Waals surface area contributed by atoms with E-state index in [0.717, 1.165) is 23.1 Å².